The Labute approximate surface area is 316 Å². The molecule has 256 valence electrons. The number of benzene rings is 8. The fraction of sp³-hybridized carbons (Fsp3) is 0.0943. The molecule has 1 heteroatoms. The van der Waals surface area contributed by atoms with Crippen LogP contribution in [0.5, 0.6) is 0 Å². The summed E-state index contributed by atoms with van der Waals surface area (Å²) in [5.41, 5.74) is 17.0. The molecule has 1 nitrogen and oxygen atoms in total. The van der Waals surface area contributed by atoms with Gasteiger partial charge >= 0.3 is 0 Å². The SMILES string of the molecule is c1ccc(-c2c3ccccc3c(-c3ccc4c(c3)C3(CCCC3)c3ccccc3-4)c3cc(-n4c(-c5ccccc5)ccc4-c4ccccc4)ccc23)cc1. The van der Waals surface area contributed by atoms with Crippen LogP contribution in [0.25, 0.3) is 83.1 Å². The summed E-state index contributed by atoms with van der Waals surface area (Å²) in [5, 5.41) is 5.12. The predicted molar refractivity (Wildman–Crippen MR) is 227 cm³/mol. The van der Waals surface area contributed by atoms with E-state index in [0.29, 0.717) is 0 Å². The molecule has 2 aliphatic rings. The monoisotopic (exact) mass is 689 g/mol. The normalized spacial score (nSPS) is 14.1. The van der Waals surface area contributed by atoms with Crippen LogP contribution in [0.1, 0.15) is 36.8 Å². The molecule has 54 heavy (non-hydrogen) atoms. The summed E-state index contributed by atoms with van der Waals surface area (Å²) in [7, 11) is 0. The highest BCUT2D eigenvalue weighted by Gasteiger charge is 2.45. The van der Waals surface area contributed by atoms with Gasteiger partial charge in [0.1, 0.15) is 0 Å². The van der Waals surface area contributed by atoms with Crippen LogP contribution in [0.2, 0.25) is 0 Å². The molecule has 0 unspecified atom stereocenters. The Morgan fingerprint density at radius 1 is 0.352 bits per heavy atom. The van der Waals surface area contributed by atoms with Crippen molar-refractivity contribution in [1.29, 1.82) is 0 Å². The molecule has 1 spiro atoms. The number of nitrogens with zero attached hydrogens (tertiary/aromatic N) is 1. The molecule has 11 rings (SSSR count). The third kappa shape index (κ3) is 4.64. The fourth-order valence-corrected chi connectivity index (χ4v) is 10.0. The van der Waals surface area contributed by atoms with E-state index in [1.54, 1.807) is 0 Å². The van der Waals surface area contributed by atoms with Crippen LogP contribution < -0.4 is 0 Å². The zero-order chi connectivity index (χ0) is 35.6. The van der Waals surface area contributed by atoms with Gasteiger partial charge in [-0.05, 0) is 120 Å². The van der Waals surface area contributed by atoms with Gasteiger partial charge in [-0.25, -0.2) is 0 Å². The minimum absolute atomic E-state index is 0.100. The Kier molecular flexibility index (Phi) is 7.10. The van der Waals surface area contributed by atoms with Crippen LogP contribution in [-0.2, 0) is 5.41 Å². The topological polar surface area (TPSA) is 4.93 Å². The quantitative estimate of drug-likeness (QED) is 0.159. The highest BCUT2D eigenvalue weighted by atomic mass is 15.0. The summed E-state index contributed by atoms with van der Waals surface area (Å²) < 4.78 is 2.46. The largest absolute Gasteiger partial charge is 0.309 e. The Bertz CT molecular complexity index is 2800. The molecular formula is C53H39N. The van der Waals surface area contributed by atoms with Gasteiger partial charge in [0.25, 0.3) is 0 Å². The van der Waals surface area contributed by atoms with Gasteiger partial charge < -0.3 is 4.57 Å². The van der Waals surface area contributed by atoms with Crippen LogP contribution in [0.15, 0.2) is 188 Å². The molecule has 9 aromatic rings. The van der Waals surface area contributed by atoms with Crippen molar-refractivity contribution in [3.63, 3.8) is 0 Å². The average Bonchev–Trinajstić information content (AvgIpc) is 3.98. The van der Waals surface area contributed by atoms with Crippen molar-refractivity contribution < 1.29 is 0 Å². The number of hydrogen-bond donors (Lipinski definition) is 0. The van der Waals surface area contributed by atoms with Crippen molar-refractivity contribution in [1.82, 2.24) is 4.57 Å². The van der Waals surface area contributed by atoms with Crippen molar-refractivity contribution in [2.75, 3.05) is 0 Å². The van der Waals surface area contributed by atoms with E-state index in [-0.39, 0.29) is 5.41 Å². The summed E-state index contributed by atoms with van der Waals surface area (Å²) in [6, 6.07) is 70.0. The first-order chi connectivity index (χ1) is 26.8. The molecule has 1 aromatic heterocycles. The zero-order valence-electron chi connectivity index (χ0n) is 30.2. The van der Waals surface area contributed by atoms with Crippen molar-refractivity contribution in [3.05, 3.63) is 199 Å². The smallest absolute Gasteiger partial charge is 0.0535 e. The highest BCUT2D eigenvalue weighted by Crippen LogP contribution is 2.58. The third-order valence-corrected chi connectivity index (χ3v) is 12.4. The third-order valence-electron chi connectivity index (χ3n) is 12.4. The van der Waals surface area contributed by atoms with E-state index >= 15 is 0 Å². The second-order valence-electron chi connectivity index (χ2n) is 15.2. The maximum atomic E-state index is 2.58. The Balaban J connectivity index is 1.23. The number of hydrogen-bond acceptors (Lipinski definition) is 0. The first-order valence-corrected chi connectivity index (χ1v) is 19.4. The summed E-state index contributed by atoms with van der Waals surface area (Å²) in [6.45, 7) is 0. The van der Waals surface area contributed by atoms with Crippen LogP contribution in [0.3, 0.4) is 0 Å². The molecule has 0 amide bonds. The molecular weight excluding hydrogens is 651 g/mol. The van der Waals surface area contributed by atoms with E-state index in [2.05, 4.69) is 193 Å². The Morgan fingerprint density at radius 3 is 1.52 bits per heavy atom. The molecule has 0 bridgehead atoms. The van der Waals surface area contributed by atoms with E-state index < -0.39 is 0 Å². The number of fused-ring (bicyclic) bond motifs is 7. The second kappa shape index (κ2) is 12.3. The lowest BCUT2D eigenvalue weighted by Crippen LogP contribution is -2.20. The van der Waals surface area contributed by atoms with E-state index in [9.17, 15) is 0 Å². The van der Waals surface area contributed by atoms with Gasteiger partial charge in [-0.3, -0.25) is 0 Å². The summed E-state index contributed by atoms with van der Waals surface area (Å²) in [5.74, 6) is 0. The van der Waals surface area contributed by atoms with Crippen molar-refractivity contribution in [2.45, 2.75) is 31.1 Å². The van der Waals surface area contributed by atoms with Gasteiger partial charge in [0, 0.05) is 11.1 Å². The average molecular weight is 690 g/mol. The summed E-state index contributed by atoms with van der Waals surface area (Å²) in [4.78, 5) is 0. The van der Waals surface area contributed by atoms with Gasteiger partial charge in [0.05, 0.1) is 11.4 Å². The van der Waals surface area contributed by atoms with E-state index in [0.717, 1.165) is 5.69 Å². The van der Waals surface area contributed by atoms with Crippen molar-refractivity contribution in [3.8, 4) is 61.6 Å². The molecule has 1 heterocycles. The van der Waals surface area contributed by atoms with E-state index in [1.165, 1.54) is 114 Å². The maximum absolute atomic E-state index is 2.58. The number of aromatic nitrogens is 1. The fourth-order valence-electron chi connectivity index (χ4n) is 10.0. The molecule has 8 aromatic carbocycles. The summed E-state index contributed by atoms with van der Waals surface area (Å²) >= 11 is 0. The number of rotatable bonds is 5. The standard InChI is InChI=1S/C53H39N/c1-4-16-36(17-5-1)49-30-31-50(37-18-6-2-7-19-37)54(49)40-27-29-45-46(35-40)52(44-24-11-10-23-43(44)51(45)38-20-8-3-9-21-38)39-26-28-42-41-22-12-13-25-47(41)53(48(42)34-39)32-14-15-33-53/h1-13,16-31,34-35H,14-15,32-33H2. The van der Waals surface area contributed by atoms with Gasteiger partial charge in [-0.15, -0.1) is 0 Å². The minimum Gasteiger partial charge on any atom is -0.309 e. The molecule has 0 radical (unpaired) electrons. The van der Waals surface area contributed by atoms with E-state index in [1.807, 2.05) is 0 Å². The molecule has 0 atom stereocenters. The predicted octanol–water partition coefficient (Wildman–Crippen LogP) is 14.3. The Morgan fingerprint density at radius 2 is 0.870 bits per heavy atom. The second-order valence-corrected chi connectivity index (χ2v) is 15.2. The van der Waals surface area contributed by atoms with Gasteiger partial charge in [0.2, 0.25) is 0 Å². The van der Waals surface area contributed by atoms with Crippen LogP contribution in [0.4, 0.5) is 0 Å². The van der Waals surface area contributed by atoms with Crippen LogP contribution in [0, 0.1) is 0 Å². The lowest BCUT2D eigenvalue weighted by Gasteiger charge is -2.27. The van der Waals surface area contributed by atoms with Gasteiger partial charge in [0.15, 0.2) is 0 Å². The molecule has 0 N–H and O–H groups in total. The summed E-state index contributed by atoms with van der Waals surface area (Å²) in [6.07, 6.45) is 5.00. The van der Waals surface area contributed by atoms with Gasteiger partial charge in [-0.1, -0.05) is 171 Å². The molecule has 2 aliphatic carbocycles. The maximum Gasteiger partial charge on any atom is 0.0535 e. The van der Waals surface area contributed by atoms with E-state index in [4.69, 9.17) is 0 Å². The first-order valence-electron chi connectivity index (χ1n) is 19.4. The lowest BCUT2D eigenvalue weighted by molar-refractivity contribution is 0.550. The minimum atomic E-state index is 0.100. The lowest BCUT2D eigenvalue weighted by atomic mass is 9.76. The van der Waals surface area contributed by atoms with Crippen LogP contribution in [-0.4, -0.2) is 4.57 Å². The molecule has 1 saturated carbocycles. The van der Waals surface area contributed by atoms with Gasteiger partial charge in [-0.2, -0.15) is 0 Å². The Hall–Kier alpha value is -6.44. The van der Waals surface area contributed by atoms with Crippen molar-refractivity contribution >= 4 is 21.5 Å². The molecule has 0 saturated heterocycles. The van der Waals surface area contributed by atoms with Crippen molar-refractivity contribution in [2.24, 2.45) is 0 Å². The molecule has 0 aliphatic heterocycles. The van der Waals surface area contributed by atoms with Crippen LogP contribution >= 0.6 is 0 Å². The zero-order valence-corrected chi connectivity index (χ0v) is 30.2. The highest BCUT2D eigenvalue weighted by molar-refractivity contribution is 6.22. The first kappa shape index (κ1) is 31.1. The molecule has 1 fully saturated rings.